The Hall–Kier alpha value is -3.99. The van der Waals surface area contributed by atoms with Crippen molar-refractivity contribution in [3.05, 3.63) is 88.9 Å². The summed E-state index contributed by atoms with van der Waals surface area (Å²) in [6.07, 6.45) is 2.83. The minimum Gasteiger partial charge on any atom is -0.355 e. The molecule has 2 N–H and O–H groups in total. The standard InChI is InChI=1S/C18H10N4O4/c19-7-9-3-1-2-4-10(9)8-22-17(25)11-12(18(22)26)16(24)14-13(15(11)23)20-5-6-21-14/h1-6,20-21H,8H2. The summed E-state index contributed by atoms with van der Waals surface area (Å²) in [6.45, 7) is -0.196. The van der Waals surface area contributed by atoms with E-state index >= 15 is 0 Å². The van der Waals surface area contributed by atoms with E-state index in [1.165, 1.54) is 12.4 Å². The van der Waals surface area contributed by atoms with Crippen LogP contribution in [0.5, 0.6) is 0 Å². The summed E-state index contributed by atoms with van der Waals surface area (Å²) in [5.74, 6) is 0. The molecule has 0 spiro atoms. The van der Waals surface area contributed by atoms with Crippen LogP contribution in [-0.2, 0) is 6.54 Å². The number of aromatic nitrogens is 3. The molecule has 0 fully saturated rings. The molecule has 2 aromatic carbocycles. The molecule has 0 bridgehead atoms. The van der Waals surface area contributed by atoms with E-state index in [2.05, 4.69) is 9.97 Å². The molecule has 2 aromatic heterocycles. The zero-order chi connectivity index (χ0) is 18.4. The van der Waals surface area contributed by atoms with Gasteiger partial charge in [-0.05, 0) is 11.6 Å². The van der Waals surface area contributed by atoms with E-state index in [0.717, 1.165) is 4.57 Å². The number of nitriles is 1. The average molecular weight is 346 g/mol. The molecule has 0 aliphatic carbocycles. The Morgan fingerprint density at radius 3 is 1.96 bits per heavy atom. The van der Waals surface area contributed by atoms with Gasteiger partial charge in [0, 0.05) is 12.4 Å². The number of aromatic amines is 2. The number of hydrogen-bond acceptors (Lipinski definition) is 5. The van der Waals surface area contributed by atoms with Crippen LogP contribution >= 0.6 is 0 Å². The lowest BCUT2D eigenvalue weighted by Crippen LogP contribution is -2.27. The number of benzene rings is 2. The van der Waals surface area contributed by atoms with E-state index in [0.29, 0.717) is 11.1 Å². The van der Waals surface area contributed by atoms with Crippen LogP contribution in [-0.4, -0.2) is 14.5 Å². The lowest BCUT2D eigenvalue weighted by molar-refractivity contribution is 0.752. The second-order valence-corrected chi connectivity index (χ2v) is 5.75. The van der Waals surface area contributed by atoms with Crippen LogP contribution in [0.2, 0.25) is 0 Å². The van der Waals surface area contributed by atoms with Gasteiger partial charge in [0.2, 0.25) is 10.9 Å². The first-order chi connectivity index (χ1) is 12.5. The molecule has 0 radical (unpaired) electrons. The molecule has 0 amide bonds. The van der Waals surface area contributed by atoms with Gasteiger partial charge >= 0.3 is 0 Å². The molecule has 4 rings (SSSR count). The Bertz CT molecular complexity index is 1370. The third kappa shape index (κ3) is 2.01. The second kappa shape index (κ2) is 5.53. The first-order valence-corrected chi connectivity index (χ1v) is 7.65. The minimum atomic E-state index is -0.834. The van der Waals surface area contributed by atoms with Gasteiger partial charge in [0.05, 0.1) is 18.2 Å². The number of H-pyrrole nitrogens is 2. The van der Waals surface area contributed by atoms with Gasteiger partial charge in [-0.2, -0.15) is 5.26 Å². The van der Waals surface area contributed by atoms with Crippen molar-refractivity contribution in [3.63, 3.8) is 0 Å². The van der Waals surface area contributed by atoms with Crippen molar-refractivity contribution in [1.29, 1.82) is 5.26 Å². The van der Waals surface area contributed by atoms with Crippen LogP contribution in [0, 0.1) is 11.3 Å². The van der Waals surface area contributed by atoms with Crippen molar-refractivity contribution in [2.75, 3.05) is 0 Å². The van der Waals surface area contributed by atoms with Gasteiger partial charge in [0.25, 0.3) is 11.1 Å². The van der Waals surface area contributed by atoms with Crippen LogP contribution in [0.4, 0.5) is 0 Å². The first-order valence-electron chi connectivity index (χ1n) is 7.65. The Morgan fingerprint density at radius 2 is 1.42 bits per heavy atom. The molecule has 126 valence electrons. The summed E-state index contributed by atoms with van der Waals surface area (Å²) in [4.78, 5) is 55.9. The highest BCUT2D eigenvalue weighted by atomic mass is 16.2. The highest BCUT2D eigenvalue weighted by Crippen LogP contribution is 2.09. The van der Waals surface area contributed by atoms with Gasteiger partial charge < -0.3 is 9.97 Å². The van der Waals surface area contributed by atoms with E-state index in [4.69, 9.17) is 5.26 Å². The van der Waals surface area contributed by atoms with Gasteiger partial charge in [0.1, 0.15) is 21.8 Å². The molecule has 0 saturated carbocycles. The fraction of sp³-hybridized carbons (Fsp3) is 0.0556. The zero-order valence-electron chi connectivity index (χ0n) is 13.2. The predicted molar refractivity (Wildman–Crippen MR) is 94.7 cm³/mol. The maximum absolute atomic E-state index is 12.7. The summed E-state index contributed by atoms with van der Waals surface area (Å²) in [7, 11) is 0. The Morgan fingerprint density at radius 1 is 0.885 bits per heavy atom. The van der Waals surface area contributed by atoms with Crippen molar-refractivity contribution < 1.29 is 0 Å². The summed E-state index contributed by atoms with van der Waals surface area (Å²) >= 11 is 0. The maximum Gasteiger partial charge on any atom is 0.266 e. The lowest BCUT2D eigenvalue weighted by Gasteiger charge is -2.03. The van der Waals surface area contributed by atoms with E-state index in [1.54, 1.807) is 24.3 Å². The molecule has 8 nitrogen and oxygen atoms in total. The van der Waals surface area contributed by atoms with Gasteiger partial charge in [-0.1, -0.05) is 18.2 Å². The van der Waals surface area contributed by atoms with Crippen LogP contribution in [0.15, 0.2) is 55.8 Å². The van der Waals surface area contributed by atoms with Gasteiger partial charge in [-0.15, -0.1) is 0 Å². The van der Waals surface area contributed by atoms with Crippen LogP contribution in [0.3, 0.4) is 0 Å². The molecule has 0 saturated heterocycles. The number of fused-ring (bicyclic) bond motifs is 2. The number of nitrogens with zero attached hydrogens (tertiary/aromatic N) is 2. The molecule has 0 aliphatic heterocycles. The molecule has 4 aromatic rings. The fourth-order valence-corrected chi connectivity index (χ4v) is 3.08. The third-order valence-electron chi connectivity index (χ3n) is 4.33. The summed E-state index contributed by atoms with van der Waals surface area (Å²) in [6, 6.07) is 8.49. The SMILES string of the molecule is N#Cc1ccccc1Cn1c(=O)c2c(=O)c3[nH]cc[nH]c3c(=O)c2c1=O. The van der Waals surface area contributed by atoms with E-state index in [1.807, 2.05) is 6.07 Å². The Labute approximate surface area is 143 Å². The zero-order valence-corrected chi connectivity index (χ0v) is 13.2. The van der Waals surface area contributed by atoms with Gasteiger partial charge in [-0.25, -0.2) is 0 Å². The highest BCUT2D eigenvalue weighted by molar-refractivity contribution is 5.94. The molecule has 0 aliphatic rings. The summed E-state index contributed by atoms with van der Waals surface area (Å²) in [5.41, 5.74) is -2.44. The third-order valence-corrected chi connectivity index (χ3v) is 4.33. The van der Waals surface area contributed by atoms with Crippen molar-refractivity contribution >= 4 is 21.8 Å². The minimum absolute atomic E-state index is 0.0586. The summed E-state index contributed by atoms with van der Waals surface area (Å²) in [5, 5.41) is 8.30. The predicted octanol–water partition coefficient (Wildman–Crippen LogP) is 0.249. The van der Waals surface area contributed by atoms with Gasteiger partial charge in [-0.3, -0.25) is 23.7 Å². The van der Waals surface area contributed by atoms with E-state index in [9.17, 15) is 19.2 Å². The molecule has 2 heterocycles. The van der Waals surface area contributed by atoms with E-state index in [-0.39, 0.29) is 17.6 Å². The first kappa shape index (κ1) is 15.5. The monoisotopic (exact) mass is 346 g/mol. The van der Waals surface area contributed by atoms with Crippen molar-refractivity contribution in [2.24, 2.45) is 0 Å². The molecular weight excluding hydrogens is 336 g/mol. The quantitative estimate of drug-likeness (QED) is 0.537. The average Bonchev–Trinajstić information content (AvgIpc) is 2.91. The number of rotatable bonds is 2. The van der Waals surface area contributed by atoms with Gasteiger partial charge in [0.15, 0.2) is 0 Å². The number of nitrogens with one attached hydrogen (secondary N) is 2. The molecule has 8 heteroatoms. The molecule has 0 unspecified atom stereocenters. The van der Waals surface area contributed by atoms with Crippen LogP contribution in [0.25, 0.3) is 21.8 Å². The smallest absolute Gasteiger partial charge is 0.266 e. The highest BCUT2D eigenvalue weighted by Gasteiger charge is 2.22. The maximum atomic E-state index is 12.7. The normalized spacial score (nSPS) is 11.0. The number of hydrogen-bond donors (Lipinski definition) is 2. The molecular formula is C18H10N4O4. The van der Waals surface area contributed by atoms with Crippen molar-refractivity contribution in [1.82, 2.24) is 14.5 Å². The largest absolute Gasteiger partial charge is 0.355 e. The second-order valence-electron chi connectivity index (χ2n) is 5.75. The molecule has 0 atom stereocenters. The summed E-state index contributed by atoms with van der Waals surface area (Å²) < 4.78 is 0.822. The van der Waals surface area contributed by atoms with Crippen molar-refractivity contribution in [3.8, 4) is 6.07 Å². The van der Waals surface area contributed by atoms with Crippen LogP contribution in [0.1, 0.15) is 11.1 Å². The van der Waals surface area contributed by atoms with E-state index < -0.39 is 32.7 Å². The topological polar surface area (TPSA) is 129 Å². The van der Waals surface area contributed by atoms with Crippen LogP contribution < -0.4 is 22.0 Å². The van der Waals surface area contributed by atoms with Crippen molar-refractivity contribution in [2.45, 2.75) is 6.54 Å². The lowest BCUT2D eigenvalue weighted by atomic mass is 10.1. The Balaban J connectivity index is 2.11. The molecule has 26 heavy (non-hydrogen) atoms. The Kier molecular flexibility index (Phi) is 3.30. The fourth-order valence-electron chi connectivity index (χ4n) is 3.08.